The summed E-state index contributed by atoms with van der Waals surface area (Å²) < 4.78 is 65.6. The number of alkyl halides is 3. The van der Waals surface area contributed by atoms with Crippen molar-refractivity contribution in [3.63, 3.8) is 0 Å². The Morgan fingerprint density at radius 3 is 2.48 bits per heavy atom. The molecule has 1 heterocycles. The largest absolute Gasteiger partial charge is 0.417 e. The maximum Gasteiger partial charge on any atom is 0.417 e. The number of terminal acetylenes is 1. The molecule has 0 bridgehead atoms. The number of carbonyl (C=O) groups excluding carboxylic acids is 1. The molecule has 0 radical (unpaired) electrons. The number of nitrogens with zero attached hydrogens (tertiary/aromatic N) is 2. The lowest BCUT2D eigenvalue weighted by molar-refractivity contribution is -0.137. The molecule has 0 unspecified atom stereocenters. The van der Waals surface area contributed by atoms with Gasteiger partial charge in [-0.25, -0.2) is 13.8 Å². The van der Waals surface area contributed by atoms with Gasteiger partial charge in [0.05, 0.1) is 28.2 Å². The Kier molecular flexibility index (Phi) is 6.98. The van der Waals surface area contributed by atoms with Gasteiger partial charge in [0.25, 0.3) is 0 Å². The SMILES string of the molecule is C#C.C[C@H](Cc1nc2cc(F)c(F)cc2[nH]1)C(=O)Nc1ccc(C#N)c(C(F)(F)F)c1. The minimum Gasteiger partial charge on any atom is -0.342 e. The number of aromatic amines is 1. The van der Waals surface area contributed by atoms with Crippen LogP contribution in [-0.4, -0.2) is 15.9 Å². The zero-order chi connectivity index (χ0) is 23.3. The number of H-pyrrole nitrogens is 1. The summed E-state index contributed by atoms with van der Waals surface area (Å²) >= 11 is 0. The second kappa shape index (κ2) is 9.26. The number of fused-ring (bicyclic) bond motifs is 1. The van der Waals surface area contributed by atoms with Gasteiger partial charge in [-0.3, -0.25) is 4.79 Å². The third kappa shape index (κ3) is 5.37. The first-order chi connectivity index (χ1) is 14.6. The van der Waals surface area contributed by atoms with Crippen LogP contribution in [0.4, 0.5) is 27.6 Å². The van der Waals surface area contributed by atoms with Crippen LogP contribution in [0.3, 0.4) is 0 Å². The molecule has 160 valence electrons. The van der Waals surface area contributed by atoms with Gasteiger partial charge in [-0.15, -0.1) is 12.8 Å². The molecule has 0 fully saturated rings. The number of rotatable bonds is 4. The average Bonchev–Trinajstić information content (AvgIpc) is 3.09. The minimum absolute atomic E-state index is 0.0617. The van der Waals surface area contributed by atoms with Crippen molar-refractivity contribution in [2.75, 3.05) is 5.32 Å². The first kappa shape index (κ1) is 23.4. The fraction of sp³-hybridized carbons (Fsp3) is 0.190. The van der Waals surface area contributed by atoms with E-state index in [0.29, 0.717) is 11.9 Å². The molecule has 1 aromatic heterocycles. The van der Waals surface area contributed by atoms with Crippen LogP contribution in [0.2, 0.25) is 0 Å². The third-order valence-corrected chi connectivity index (χ3v) is 4.23. The molecule has 0 aliphatic rings. The molecular formula is C21H15F5N4O. The van der Waals surface area contributed by atoms with E-state index in [-0.39, 0.29) is 23.1 Å². The highest BCUT2D eigenvalue weighted by atomic mass is 19.4. The first-order valence-electron chi connectivity index (χ1n) is 8.67. The smallest absolute Gasteiger partial charge is 0.342 e. The maximum atomic E-state index is 13.3. The molecule has 2 N–H and O–H groups in total. The number of benzene rings is 2. The van der Waals surface area contributed by atoms with Gasteiger partial charge in [0.1, 0.15) is 5.82 Å². The molecule has 0 aliphatic heterocycles. The summed E-state index contributed by atoms with van der Waals surface area (Å²) in [5.74, 6) is -3.10. The predicted molar refractivity (Wildman–Crippen MR) is 104 cm³/mol. The van der Waals surface area contributed by atoms with Crippen LogP contribution in [0.25, 0.3) is 11.0 Å². The number of hydrogen-bond donors (Lipinski definition) is 2. The number of nitriles is 1. The van der Waals surface area contributed by atoms with Crippen molar-refractivity contribution in [2.24, 2.45) is 5.92 Å². The van der Waals surface area contributed by atoms with Crippen molar-refractivity contribution in [3.8, 4) is 18.9 Å². The van der Waals surface area contributed by atoms with E-state index in [1.54, 1.807) is 0 Å². The van der Waals surface area contributed by atoms with Crippen LogP contribution in [0, 0.1) is 41.7 Å². The van der Waals surface area contributed by atoms with Crippen molar-refractivity contribution in [2.45, 2.75) is 19.5 Å². The highest BCUT2D eigenvalue weighted by Gasteiger charge is 2.34. The monoisotopic (exact) mass is 434 g/mol. The molecule has 10 heteroatoms. The molecule has 1 amide bonds. The Balaban J connectivity index is 0.00000166. The zero-order valence-electron chi connectivity index (χ0n) is 16.0. The van der Waals surface area contributed by atoms with E-state index in [9.17, 15) is 26.7 Å². The van der Waals surface area contributed by atoms with Crippen LogP contribution in [0.5, 0.6) is 0 Å². The van der Waals surface area contributed by atoms with Gasteiger partial charge < -0.3 is 10.3 Å². The number of aromatic nitrogens is 2. The highest BCUT2D eigenvalue weighted by molar-refractivity contribution is 5.92. The van der Waals surface area contributed by atoms with Gasteiger partial charge in [0.2, 0.25) is 5.91 Å². The maximum absolute atomic E-state index is 13.3. The van der Waals surface area contributed by atoms with E-state index >= 15 is 0 Å². The van der Waals surface area contributed by atoms with Gasteiger partial charge in [-0.1, -0.05) is 6.92 Å². The lowest BCUT2D eigenvalue weighted by Gasteiger charge is -2.14. The number of amides is 1. The molecule has 0 saturated carbocycles. The molecule has 1 atom stereocenters. The summed E-state index contributed by atoms with van der Waals surface area (Å²) in [6, 6.07) is 6.19. The summed E-state index contributed by atoms with van der Waals surface area (Å²) in [7, 11) is 0. The fourth-order valence-electron chi connectivity index (χ4n) is 2.76. The number of imidazole rings is 1. The number of halogens is 5. The molecule has 0 spiro atoms. The number of nitrogens with one attached hydrogen (secondary N) is 2. The van der Waals surface area contributed by atoms with Crippen molar-refractivity contribution in [1.82, 2.24) is 9.97 Å². The van der Waals surface area contributed by atoms with Crippen LogP contribution in [0.1, 0.15) is 23.9 Å². The lowest BCUT2D eigenvalue weighted by atomic mass is 10.0. The van der Waals surface area contributed by atoms with E-state index in [1.165, 1.54) is 19.1 Å². The van der Waals surface area contributed by atoms with E-state index in [1.807, 2.05) is 0 Å². The quantitative estimate of drug-likeness (QED) is 0.457. The van der Waals surface area contributed by atoms with Gasteiger partial charge in [0.15, 0.2) is 11.6 Å². The molecular weight excluding hydrogens is 419 g/mol. The second-order valence-corrected chi connectivity index (χ2v) is 6.43. The predicted octanol–water partition coefficient (Wildman–Crippen LogP) is 4.80. The zero-order valence-corrected chi connectivity index (χ0v) is 16.0. The van der Waals surface area contributed by atoms with Gasteiger partial charge >= 0.3 is 6.18 Å². The average molecular weight is 434 g/mol. The Bertz CT molecular complexity index is 1140. The Morgan fingerprint density at radius 1 is 1.23 bits per heavy atom. The molecule has 5 nitrogen and oxygen atoms in total. The number of anilines is 1. The van der Waals surface area contributed by atoms with Crippen molar-refractivity contribution in [3.05, 3.63) is 58.9 Å². The van der Waals surface area contributed by atoms with E-state index < -0.39 is 40.8 Å². The van der Waals surface area contributed by atoms with Crippen molar-refractivity contribution < 1.29 is 26.7 Å². The highest BCUT2D eigenvalue weighted by Crippen LogP contribution is 2.33. The summed E-state index contributed by atoms with van der Waals surface area (Å²) in [6.07, 6.45) is 3.32. The van der Waals surface area contributed by atoms with Crippen LogP contribution in [0.15, 0.2) is 30.3 Å². The van der Waals surface area contributed by atoms with E-state index in [2.05, 4.69) is 28.1 Å². The van der Waals surface area contributed by atoms with Gasteiger partial charge in [-0.05, 0) is 18.2 Å². The van der Waals surface area contributed by atoms with Crippen molar-refractivity contribution in [1.29, 1.82) is 5.26 Å². The number of carbonyl (C=O) groups is 1. The lowest BCUT2D eigenvalue weighted by Crippen LogP contribution is -2.23. The van der Waals surface area contributed by atoms with Crippen molar-refractivity contribution >= 4 is 22.6 Å². The topological polar surface area (TPSA) is 81.6 Å². The second-order valence-electron chi connectivity index (χ2n) is 6.43. The molecule has 0 aliphatic carbocycles. The summed E-state index contributed by atoms with van der Waals surface area (Å²) in [5.41, 5.74) is -1.36. The van der Waals surface area contributed by atoms with Crippen LogP contribution >= 0.6 is 0 Å². The Morgan fingerprint density at radius 2 is 1.87 bits per heavy atom. The normalized spacial score (nSPS) is 11.8. The van der Waals surface area contributed by atoms with Crippen LogP contribution in [-0.2, 0) is 17.4 Å². The Hall–Kier alpha value is -3.92. The molecule has 31 heavy (non-hydrogen) atoms. The van der Waals surface area contributed by atoms with Gasteiger partial charge in [-0.2, -0.15) is 18.4 Å². The minimum atomic E-state index is -4.74. The summed E-state index contributed by atoms with van der Waals surface area (Å²) in [4.78, 5) is 19.2. The van der Waals surface area contributed by atoms with Gasteiger partial charge in [0, 0.05) is 30.2 Å². The molecule has 0 saturated heterocycles. The first-order valence-corrected chi connectivity index (χ1v) is 8.67. The summed E-state index contributed by atoms with van der Waals surface area (Å²) in [6.45, 7) is 1.53. The third-order valence-electron chi connectivity index (χ3n) is 4.23. The number of hydrogen-bond acceptors (Lipinski definition) is 3. The van der Waals surface area contributed by atoms with Crippen LogP contribution < -0.4 is 5.32 Å². The fourth-order valence-corrected chi connectivity index (χ4v) is 2.76. The molecule has 2 aromatic carbocycles. The van der Waals surface area contributed by atoms with E-state index in [0.717, 1.165) is 18.2 Å². The Labute approximate surface area is 173 Å². The molecule has 3 rings (SSSR count). The summed E-state index contributed by atoms with van der Waals surface area (Å²) in [5, 5.41) is 11.2. The molecule has 3 aromatic rings. The van der Waals surface area contributed by atoms with E-state index in [4.69, 9.17) is 5.26 Å². The standard InChI is InChI=1S/C19H13F5N4O.C2H2/c1-9(4-17-27-15-6-13(20)14(21)7-16(15)28-17)18(29)26-11-3-2-10(8-25)12(5-11)19(22,23)24;1-2/h2-3,5-7,9H,4H2,1H3,(H,26,29)(H,27,28);1-2H/t9-;/m1./s1.